The van der Waals surface area contributed by atoms with Crippen LogP contribution in [0.1, 0.15) is 29.5 Å². The molecule has 5 nitrogen and oxygen atoms in total. The summed E-state index contributed by atoms with van der Waals surface area (Å²) < 4.78 is 0. The number of hydrogen-bond acceptors (Lipinski definition) is 3. The summed E-state index contributed by atoms with van der Waals surface area (Å²) in [6.45, 7) is 4.70. The molecule has 0 saturated carbocycles. The molecule has 2 amide bonds. The van der Waals surface area contributed by atoms with Crippen LogP contribution in [0, 0.1) is 13.8 Å². The van der Waals surface area contributed by atoms with Crippen molar-refractivity contribution in [3.63, 3.8) is 0 Å². The molecule has 0 atom stereocenters. The van der Waals surface area contributed by atoms with Gasteiger partial charge in [-0.25, -0.2) is 5.43 Å². The van der Waals surface area contributed by atoms with Crippen LogP contribution in [0.5, 0.6) is 0 Å². The molecule has 0 bridgehead atoms. The van der Waals surface area contributed by atoms with Crippen molar-refractivity contribution in [2.45, 2.75) is 33.1 Å². The van der Waals surface area contributed by atoms with Crippen LogP contribution in [0.25, 0.3) is 0 Å². The van der Waals surface area contributed by atoms with E-state index in [0.717, 1.165) is 6.42 Å². The molecule has 20 heavy (non-hydrogen) atoms. The van der Waals surface area contributed by atoms with E-state index in [9.17, 15) is 9.59 Å². The van der Waals surface area contributed by atoms with Crippen molar-refractivity contribution in [2.24, 2.45) is 5.10 Å². The number of nitrogens with zero attached hydrogens (tertiary/aromatic N) is 1. The van der Waals surface area contributed by atoms with Crippen LogP contribution < -0.4 is 10.7 Å². The van der Waals surface area contributed by atoms with Crippen LogP contribution in [0.3, 0.4) is 0 Å². The number of rotatable bonds is 4. The number of aryl methyl sites for hydroxylation is 2. The van der Waals surface area contributed by atoms with E-state index < -0.39 is 0 Å². The van der Waals surface area contributed by atoms with E-state index in [4.69, 9.17) is 0 Å². The van der Waals surface area contributed by atoms with E-state index in [1.54, 1.807) is 0 Å². The van der Waals surface area contributed by atoms with Crippen molar-refractivity contribution in [1.82, 2.24) is 10.7 Å². The Morgan fingerprint density at radius 2 is 2.15 bits per heavy atom. The normalized spacial score (nSPS) is 14.5. The summed E-state index contributed by atoms with van der Waals surface area (Å²) in [5, 5.41) is 6.61. The highest BCUT2D eigenvalue weighted by atomic mass is 16.2. The Morgan fingerprint density at radius 3 is 2.80 bits per heavy atom. The minimum absolute atomic E-state index is 0.142. The molecule has 0 saturated heterocycles. The summed E-state index contributed by atoms with van der Waals surface area (Å²) in [5.74, 6) is -0.341. The third kappa shape index (κ3) is 3.66. The maximum atomic E-state index is 11.8. The lowest BCUT2D eigenvalue weighted by Gasteiger charge is -2.12. The Hall–Kier alpha value is -2.17. The number of hydrogen-bond donors (Lipinski definition) is 2. The Kier molecular flexibility index (Phi) is 4.50. The number of amides is 2. The molecule has 5 heteroatoms. The lowest BCUT2D eigenvalue weighted by Crippen LogP contribution is -2.37. The molecule has 1 aliphatic heterocycles. The van der Waals surface area contributed by atoms with E-state index in [1.807, 2.05) is 0 Å². The molecule has 0 spiro atoms. The van der Waals surface area contributed by atoms with Gasteiger partial charge in [-0.2, -0.15) is 5.10 Å². The Morgan fingerprint density at radius 1 is 1.35 bits per heavy atom. The summed E-state index contributed by atoms with van der Waals surface area (Å²) in [4.78, 5) is 22.8. The van der Waals surface area contributed by atoms with Crippen molar-refractivity contribution in [3.8, 4) is 0 Å². The maximum Gasteiger partial charge on any atom is 0.267 e. The van der Waals surface area contributed by atoms with E-state index in [1.165, 1.54) is 16.7 Å². The van der Waals surface area contributed by atoms with Gasteiger partial charge in [-0.3, -0.25) is 9.59 Å². The Balaban J connectivity index is 1.84. The fraction of sp³-hybridized carbons (Fsp3) is 0.400. The van der Waals surface area contributed by atoms with E-state index in [2.05, 4.69) is 47.9 Å². The molecule has 0 unspecified atom stereocenters. The molecule has 2 rings (SSSR count). The Labute approximate surface area is 118 Å². The topological polar surface area (TPSA) is 70.6 Å². The monoisotopic (exact) mass is 273 g/mol. The van der Waals surface area contributed by atoms with Crippen LogP contribution in [0.15, 0.2) is 23.3 Å². The van der Waals surface area contributed by atoms with Crippen molar-refractivity contribution >= 4 is 17.5 Å². The standard InChI is InChI=1S/C15H19N3O2/c1-10-3-4-12(11(2)9-10)7-8-16-15(20)13-5-6-14(19)18-17-13/h3-4,9H,5-8H2,1-2H3,(H,16,20)(H,18,19). The van der Waals surface area contributed by atoms with Crippen molar-refractivity contribution in [3.05, 3.63) is 34.9 Å². The fourth-order valence-corrected chi connectivity index (χ4v) is 2.18. The van der Waals surface area contributed by atoms with Gasteiger partial charge in [-0.1, -0.05) is 23.8 Å². The SMILES string of the molecule is Cc1ccc(CCNC(=O)C2=NNC(=O)CC2)c(C)c1. The molecule has 0 aliphatic carbocycles. The smallest absolute Gasteiger partial charge is 0.267 e. The quantitative estimate of drug-likeness (QED) is 0.866. The zero-order valence-electron chi connectivity index (χ0n) is 11.8. The van der Waals surface area contributed by atoms with Crippen molar-refractivity contribution in [1.29, 1.82) is 0 Å². The summed E-state index contributed by atoms with van der Waals surface area (Å²) >= 11 is 0. The highest BCUT2D eigenvalue weighted by Gasteiger charge is 2.17. The zero-order valence-corrected chi connectivity index (χ0v) is 11.8. The third-order valence-corrected chi connectivity index (χ3v) is 3.34. The maximum absolute atomic E-state index is 11.8. The van der Waals surface area contributed by atoms with E-state index in [0.29, 0.717) is 25.1 Å². The number of benzene rings is 1. The van der Waals surface area contributed by atoms with Crippen LogP contribution >= 0.6 is 0 Å². The minimum Gasteiger partial charge on any atom is -0.351 e. The summed E-state index contributed by atoms with van der Waals surface area (Å²) in [6.07, 6.45) is 1.52. The van der Waals surface area contributed by atoms with Gasteiger partial charge in [-0.05, 0) is 31.4 Å². The Bertz CT molecular complexity index is 564. The van der Waals surface area contributed by atoms with Crippen LogP contribution in [0.4, 0.5) is 0 Å². The highest BCUT2D eigenvalue weighted by Crippen LogP contribution is 2.10. The predicted molar refractivity (Wildman–Crippen MR) is 77.4 cm³/mol. The van der Waals surface area contributed by atoms with Gasteiger partial charge in [0.2, 0.25) is 5.91 Å². The van der Waals surface area contributed by atoms with Crippen LogP contribution in [-0.4, -0.2) is 24.1 Å². The van der Waals surface area contributed by atoms with Gasteiger partial charge >= 0.3 is 0 Å². The van der Waals surface area contributed by atoms with Gasteiger partial charge in [0.1, 0.15) is 5.71 Å². The number of nitrogens with one attached hydrogen (secondary N) is 2. The van der Waals surface area contributed by atoms with Gasteiger partial charge in [-0.15, -0.1) is 0 Å². The van der Waals surface area contributed by atoms with Gasteiger partial charge in [0, 0.05) is 19.4 Å². The summed E-state index contributed by atoms with van der Waals surface area (Å²) in [7, 11) is 0. The molecular weight excluding hydrogens is 254 g/mol. The van der Waals surface area contributed by atoms with Crippen LogP contribution in [-0.2, 0) is 16.0 Å². The molecule has 1 heterocycles. The first-order valence-corrected chi connectivity index (χ1v) is 6.76. The second-order valence-electron chi connectivity index (χ2n) is 5.03. The summed E-state index contributed by atoms with van der Waals surface area (Å²) in [5.41, 5.74) is 6.43. The minimum atomic E-state index is -0.199. The fourth-order valence-electron chi connectivity index (χ4n) is 2.18. The first-order valence-electron chi connectivity index (χ1n) is 6.76. The third-order valence-electron chi connectivity index (χ3n) is 3.34. The average Bonchev–Trinajstić information content (AvgIpc) is 2.42. The molecule has 106 valence electrons. The van der Waals surface area contributed by atoms with Gasteiger partial charge in [0.05, 0.1) is 0 Å². The van der Waals surface area contributed by atoms with Crippen LogP contribution in [0.2, 0.25) is 0 Å². The first-order chi connectivity index (χ1) is 9.56. The van der Waals surface area contributed by atoms with Gasteiger partial charge in [0.25, 0.3) is 5.91 Å². The summed E-state index contributed by atoms with van der Waals surface area (Å²) in [6, 6.07) is 6.30. The molecule has 1 aromatic carbocycles. The molecule has 1 aromatic rings. The second kappa shape index (κ2) is 6.32. The molecular formula is C15H19N3O2. The average molecular weight is 273 g/mol. The van der Waals surface area contributed by atoms with E-state index in [-0.39, 0.29) is 11.8 Å². The second-order valence-corrected chi connectivity index (χ2v) is 5.03. The first kappa shape index (κ1) is 14.2. The lowest BCUT2D eigenvalue weighted by atomic mass is 10.0. The highest BCUT2D eigenvalue weighted by molar-refractivity contribution is 6.39. The van der Waals surface area contributed by atoms with Gasteiger partial charge < -0.3 is 5.32 Å². The predicted octanol–water partition coefficient (Wildman–Crippen LogP) is 1.23. The van der Waals surface area contributed by atoms with E-state index >= 15 is 0 Å². The van der Waals surface area contributed by atoms with Crippen molar-refractivity contribution < 1.29 is 9.59 Å². The zero-order chi connectivity index (χ0) is 14.5. The molecule has 1 aliphatic rings. The number of hydrazone groups is 1. The lowest BCUT2D eigenvalue weighted by molar-refractivity contribution is -0.121. The molecule has 0 radical (unpaired) electrons. The molecule has 2 N–H and O–H groups in total. The molecule has 0 fully saturated rings. The van der Waals surface area contributed by atoms with Crippen molar-refractivity contribution in [2.75, 3.05) is 6.54 Å². The van der Waals surface area contributed by atoms with Gasteiger partial charge in [0.15, 0.2) is 0 Å². The molecule has 0 aromatic heterocycles. The largest absolute Gasteiger partial charge is 0.351 e. The number of carbonyl (C=O) groups is 2. The number of carbonyl (C=O) groups excluding carboxylic acids is 2.